The van der Waals surface area contributed by atoms with Gasteiger partial charge in [0.25, 0.3) is 0 Å². The maximum absolute atomic E-state index is 13.0. The highest BCUT2D eigenvalue weighted by atomic mass is 19.1. The summed E-state index contributed by atoms with van der Waals surface area (Å²) < 4.78 is 18.2. The third-order valence-electron chi connectivity index (χ3n) is 5.16. The standard InChI is InChI=1S/C21H24FNO2/c1-25-19-10-6-17(7-11-19)21(12-2-3-13-21)15-23-20(24)14-16-4-8-18(22)9-5-16/h4-11H,2-3,12-15H2,1H3,(H,23,24). The fraction of sp³-hybridized carbons (Fsp3) is 0.381. The summed E-state index contributed by atoms with van der Waals surface area (Å²) >= 11 is 0. The molecule has 3 nitrogen and oxygen atoms in total. The van der Waals surface area contributed by atoms with E-state index in [0.29, 0.717) is 6.54 Å². The van der Waals surface area contributed by atoms with Gasteiger partial charge in [-0.2, -0.15) is 0 Å². The van der Waals surface area contributed by atoms with Crippen LogP contribution in [-0.2, 0) is 16.6 Å². The van der Waals surface area contributed by atoms with Gasteiger partial charge in [0.15, 0.2) is 0 Å². The summed E-state index contributed by atoms with van der Waals surface area (Å²) in [6.45, 7) is 0.638. The maximum Gasteiger partial charge on any atom is 0.224 e. The van der Waals surface area contributed by atoms with E-state index in [2.05, 4.69) is 17.4 Å². The second kappa shape index (κ2) is 7.68. The van der Waals surface area contributed by atoms with Crippen LogP contribution in [0, 0.1) is 5.82 Å². The summed E-state index contributed by atoms with van der Waals surface area (Å²) in [6, 6.07) is 14.3. The molecule has 132 valence electrons. The van der Waals surface area contributed by atoms with E-state index >= 15 is 0 Å². The van der Waals surface area contributed by atoms with Gasteiger partial charge in [-0.25, -0.2) is 4.39 Å². The molecule has 3 rings (SSSR count). The smallest absolute Gasteiger partial charge is 0.224 e. The van der Waals surface area contributed by atoms with Crippen LogP contribution >= 0.6 is 0 Å². The molecule has 0 saturated heterocycles. The van der Waals surface area contributed by atoms with Crippen LogP contribution in [0.15, 0.2) is 48.5 Å². The Bertz CT molecular complexity index is 704. The number of nitrogens with one attached hydrogen (secondary N) is 1. The summed E-state index contributed by atoms with van der Waals surface area (Å²) in [5.74, 6) is 0.539. The van der Waals surface area contributed by atoms with E-state index in [1.165, 1.54) is 30.5 Å². The molecule has 0 heterocycles. The molecule has 25 heavy (non-hydrogen) atoms. The van der Waals surface area contributed by atoms with Crippen molar-refractivity contribution in [2.45, 2.75) is 37.5 Å². The zero-order valence-corrected chi connectivity index (χ0v) is 14.6. The number of rotatable bonds is 6. The maximum atomic E-state index is 13.0. The fourth-order valence-electron chi connectivity index (χ4n) is 3.68. The van der Waals surface area contributed by atoms with Crippen LogP contribution in [0.5, 0.6) is 5.75 Å². The molecule has 2 aromatic rings. The molecule has 0 bridgehead atoms. The number of halogens is 1. The van der Waals surface area contributed by atoms with Crippen molar-refractivity contribution in [2.24, 2.45) is 0 Å². The third kappa shape index (κ3) is 4.19. The second-order valence-electron chi connectivity index (χ2n) is 6.80. The fourth-order valence-corrected chi connectivity index (χ4v) is 3.68. The first-order chi connectivity index (χ1) is 12.1. The van der Waals surface area contributed by atoms with Crippen molar-refractivity contribution in [1.82, 2.24) is 5.32 Å². The van der Waals surface area contributed by atoms with Crippen LogP contribution in [0.1, 0.15) is 36.8 Å². The number of carbonyl (C=O) groups excluding carboxylic acids is 1. The zero-order valence-electron chi connectivity index (χ0n) is 14.6. The molecule has 0 radical (unpaired) electrons. The number of hydrogen-bond donors (Lipinski definition) is 1. The van der Waals surface area contributed by atoms with Crippen LogP contribution < -0.4 is 10.1 Å². The largest absolute Gasteiger partial charge is 0.497 e. The van der Waals surface area contributed by atoms with E-state index in [0.717, 1.165) is 24.2 Å². The Morgan fingerprint density at radius 2 is 1.72 bits per heavy atom. The Labute approximate surface area is 148 Å². The molecule has 1 amide bonds. The first kappa shape index (κ1) is 17.5. The van der Waals surface area contributed by atoms with Gasteiger partial charge in [0.2, 0.25) is 5.91 Å². The van der Waals surface area contributed by atoms with Gasteiger partial charge in [-0.1, -0.05) is 37.1 Å². The first-order valence-corrected chi connectivity index (χ1v) is 8.77. The summed E-state index contributed by atoms with van der Waals surface area (Å²) in [4.78, 5) is 12.3. The lowest BCUT2D eigenvalue weighted by Gasteiger charge is -2.30. The van der Waals surface area contributed by atoms with Gasteiger partial charge in [0.1, 0.15) is 11.6 Å². The van der Waals surface area contributed by atoms with Crippen LogP contribution in [-0.4, -0.2) is 19.6 Å². The van der Waals surface area contributed by atoms with E-state index < -0.39 is 0 Å². The van der Waals surface area contributed by atoms with Crippen LogP contribution in [0.25, 0.3) is 0 Å². The molecule has 1 N–H and O–H groups in total. The van der Waals surface area contributed by atoms with Gasteiger partial charge in [-0.05, 0) is 48.2 Å². The SMILES string of the molecule is COc1ccc(C2(CNC(=O)Cc3ccc(F)cc3)CCCC2)cc1. The van der Waals surface area contributed by atoms with Crippen molar-refractivity contribution in [3.05, 3.63) is 65.5 Å². The average molecular weight is 341 g/mol. The second-order valence-corrected chi connectivity index (χ2v) is 6.80. The van der Waals surface area contributed by atoms with Crippen molar-refractivity contribution in [3.63, 3.8) is 0 Å². The molecule has 0 aromatic heterocycles. The minimum absolute atomic E-state index is 0.00469. The van der Waals surface area contributed by atoms with Crippen LogP contribution in [0.3, 0.4) is 0 Å². The molecule has 4 heteroatoms. The molecular formula is C21H24FNO2. The molecule has 0 aliphatic heterocycles. The van der Waals surface area contributed by atoms with E-state index in [1.54, 1.807) is 19.2 Å². The molecule has 0 atom stereocenters. The first-order valence-electron chi connectivity index (χ1n) is 8.77. The molecular weight excluding hydrogens is 317 g/mol. The predicted molar refractivity (Wildman–Crippen MR) is 96.3 cm³/mol. The molecule has 1 fully saturated rings. The van der Waals surface area contributed by atoms with Crippen molar-refractivity contribution in [3.8, 4) is 5.75 Å². The van der Waals surface area contributed by atoms with Crippen molar-refractivity contribution in [1.29, 1.82) is 0 Å². The molecule has 1 saturated carbocycles. The Hall–Kier alpha value is -2.36. The van der Waals surface area contributed by atoms with Crippen molar-refractivity contribution in [2.75, 3.05) is 13.7 Å². The third-order valence-corrected chi connectivity index (χ3v) is 5.16. The van der Waals surface area contributed by atoms with Crippen LogP contribution in [0.4, 0.5) is 4.39 Å². The number of amides is 1. The Morgan fingerprint density at radius 1 is 1.08 bits per heavy atom. The lowest BCUT2D eigenvalue weighted by atomic mass is 9.78. The van der Waals surface area contributed by atoms with Gasteiger partial charge >= 0.3 is 0 Å². The number of ether oxygens (including phenoxy) is 1. The molecule has 2 aromatic carbocycles. The Balaban J connectivity index is 1.65. The minimum Gasteiger partial charge on any atom is -0.497 e. The number of carbonyl (C=O) groups is 1. The van der Waals surface area contributed by atoms with E-state index in [4.69, 9.17) is 4.74 Å². The monoisotopic (exact) mass is 341 g/mol. The Morgan fingerprint density at radius 3 is 2.32 bits per heavy atom. The number of benzene rings is 2. The number of hydrogen-bond acceptors (Lipinski definition) is 2. The normalized spacial score (nSPS) is 15.8. The highest BCUT2D eigenvalue weighted by Gasteiger charge is 2.35. The predicted octanol–water partition coefficient (Wildman–Crippen LogP) is 4.01. The van der Waals surface area contributed by atoms with Gasteiger partial charge in [0, 0.05) is 12.0 Å². The van der Waals surface area contributed by atoms with Gasteiger partial charge in [-0.15, -0.1) is 0 Å². The van der Waals surface area contributed by atoms with E-state index in [9.17, 15) is 9.18 Å². The van der Waals surface area contributed by atoms with Crippen molar-refractivity contribution < 1.29 is 13.9 Å². The Kier molecular flexibility index (Phi) is 5.37. The van der Waals surface area contributed by atoms with E-state index in [-0.39, 0.29) is 23.6 Å². The summed E-state index contributed by atoms with van der Waals surface area (Å²) in [5.41, 5.74) is 2.08. The topological polar surface area (TPSA) is 38.3 Å². The van der Waals surface area contributed by atoms with E-state index in [1.807, 2.05) is 12.1 Å². The molecule has 0 spiro atoms. The van der Waals surface area contributed by atoms with Gasteiger partial charge in [0.05, 0.1) is 13.5 Å². The highest BCUT2D eigenvalue weighted by Crippen LogP contribution is 2.41. The lowest BCUT2D eigenvalue weighted by molar-refractivity contribution is -0.120. The number of methoxy groups -OCH3 is 1. The molecule has 1 aliphatic carbocycles. The lowest BCUT2D eigenvalue weighted by Crippen LogP contribution is -2.39. The quantitative estimate of drug-likeness (QED) is 0.862. The zero-order chi connectivity index (χ0) is 17.7. The summed E-state index contributed by atoms with van der Waals surface area (Å²) in [6.07, 6.45) is 4.80. The molecule has 0 unspecified atom stereocenters. The minimum atomic E-state index is -0.284. The average Bonchev–Trinajstić information content (AvgIpc) is 3.12. The summed E-state index contributed by atoms with van der Waals surface area (Å²) in [7, 11) is 1.66. The van der Waals surface area contributed by atoms with Gasteiger partial charge in [-0.3, -0.25) is 4.79 Å². The molecule has 1 aliphatic rings. The summed E-state index contributed by atoms with van der Waals surface area (Å²) in [5, 5.41) is 3.09. The highest BCUT2D eigenvalue weighted by molar-refractivity contribution is 5.78. The van der Waals surface area contributed by atoms with Crippen molar-refractivity contribution >= 4 is 5.91 Å². The van der Waals surface area contributed by atoms with Crippen LogP contribution in [0.2, 0.25) is 0 Å². The van der Waals surface area contributed by atoms with Gasteiger partial charge < -0.3 is 10.1 Å².